The van der Waals surface area contributed by atoms with Crippen LogP contribution in [0.25, 0.3) is 5.69 Å². The maximum atomic E-state index is 12.1. The molecule has 1 aromatic heterocycles. The van der Waals surface area contributed by atoms with Gasteiger partial charge in [0.2, 0.25) is 11.7 Å². The molecule has 0 bridgehead atoms. The number of carbonyl (C=O) groups is 2. The number of aldehydes is 1. The number of methoxy groups -OCH3 is 1. The normalized spacial score (nSPS) is 12.2. The highest BCUT2D eigenvalue weighted by atomic mass is 16.5. The van der Waals surface area contributed by atoms with Gasteiger partial charge in [-0.1, -0.05) is 12.1 Å². The van der Waals surface area contributed by atoms with Crippen LogP contribution >= 0.6 is 0 Å². The number of fused-ring (bicyclic) bond motifs is 3. The Hall–Kier alpha value is -2.36. The summed E-state index contributed by atoms with van der Waals surface area (Å²) in [6, 6.07) is 8.83. The molecule has 4 nitrogen and oxygen atoms in total. The van der Waals surface area contributed by atoms with Crippen LogP contribution in [0, 0.1) is 0 Å². The summed E-state index contributed by atoms with van der Waals surface area (Å²) in [6.45, 7) is 0. The van der Waals surface area contributed by atoms with Crippen molar-refractivity contribution in [3.63, 3.8) is 0 Å². The number of rotatable bonds is 2. The number of benzene rings is 1. The second-order valence-electron chi connectivity index (χ2n) is 3.79. The molecule has 2 aromatic rings. The minimum Gasteiger partial charge on any atom is -0.481 e. The Labute approximate surface area is 97.4 Å². The Morgan fingerprint density at radius 3 is 2.76 bits per heavy atom. The summed E-state index contributed by atoms with van der Waals surface area (Å²) in [5.74, 6) is 0.334. The number of carbonyl (C=O) groups excluding carboxylic acids is 2. The molecule has 17 heavy (non-hydrogen) atoms. The fourth-order valence-corrected chi connectivity index (χ4v) is 2.21. The van der Waals surface area contributed by atoms with Crippen LogP contribution in [0.1, 0.15) is 26.4 Å². The van der Waals surface area contributed by atoms with E-state index in [-0.39, 0.29) is 5.78 Å². The Bertz CT molecular complexity index is 640. The molecule has 1 aliphatic heterocycles. The third-order valence-corrected chi connectivity index (χ3v) is 2.93. The van der Waals surface area contributed by atoms with Crippen molar-refractivity contribution in [3.8, 4) is 11.6 Å². The zero-order valence-electron chi connectivity index (χ0n) is 9.14. The zero-order valence-corrected chi connectivity index (χ0v) is 9.14. The lowest BCUT2D eigenvalue weighted by molar-refractivity contribution is 0.103. The topological polar surface area (TPSA) is 48.3 Å². The second kappa shape index (κ2) is 3.31. The van der Waals surface area contributed by atoms with Gasteiger partial charge < -0.3 is 4.74 Å². The standard InChI is InChI=1S/C13H9NO3/c1-17-13-8(7-15)6-11-12(16)9-4-2-3-5-10(9)14(11)13/h2-7H,1H3. The largest absolute Gasteiger partial charge is 0.481 e. The van der Waals surface area contributed by atoms with Crippen LogP contribution in [0.5, 0.6) is 5.88 Å². The maximum Gasteiger partial charge on any atom is 0.211 e. The molecule has 0 atom stereocenters. The lowest BCUT2D eigenvalue weighted by Crippen LogP contribution is -1.98. The van der Waals surface area contributed by atoms with Crippen molar-refractivity contribution in [1.82, 2.24) is 4.57 Å². The van der Waals surface area contributed by atoms with Gasteiger partial charge in [-0.05, 0) is 18.2 Å². The van der Waals surface area contributed by atoms with Crippen molar-refractivity contribution in [1.29, 1.82) is 0 Å². The van der Waals surface area contributed by atoms with Crippen LogP contribution in [-0.4, -0.2) is 23.7 Å². The molecule has 3 rings (SSSR count). The van der Waals surface area contributed by atoms with Crippen molar-refractivity contribution in [2.75, 3.05) is 7.11 Å². The van der Waals surface area contributed by atoms with Crippen molar-refractivity contribution in [3.05, 3.63) is 47.2 Å². The van der Waals surface area contributed by atoms with E-state index in [9.17, 15) is 9.59 Å². The number of ether oxygens (including phenoxy) is 1. The number of hydrogen-bond acceptors (Lipinski definition) is 3. The highest BCUT2D eigenvalue weighted by Gasteiger charge is 2.31. The first-order valence-corrected chi connectivity index (χ1v) is 5.17. The average molecular weight is 227 g/mol. The van der Waals surface area contributed by atoms with E-state index in [2.05, 4.69) is 0 Å². The molecule has 0 unspecified atom stereocenters. The highest BCUT2D eigenvalue weighted by molar-refractivity contribution is 6.15. The minimum absolute atomic E-state index is 0.0769. The number of hydrogen-bond donors (Lipinski definition) is 0. The summed E-state index contributed by atoms with van der Waals surface area (Å²) in [5, 5.41) is 0. The van der Waals surface area contributed by atoms with Crippen molar-refractivity contribution in [2.45, 2.75) is 0 Å². The molecule has 2 heterocycles. The van der Waals surface area contributed by atoms with Crippen molar-refractivity contribution in [2.24, 2.45) is 0 Å². The van der Waals surface area contributed by atoms with Gasteiger partial charge in [-0.2, -0.15) is 0 Å². The van der Waals surface area contributed by atoms with Crippen LogP contribution in [0.15, 0.2) is 30.3 Å². The van der Waals surface area contributed by atoms with Crippen LogP contribution < -0.4 is 4.74 Å². The Balaban J connectivity index is 2.38. The first kappa shape index (κ1) is 9.84. The lowest BCUT2D eigenvalue weighted by atomic mass is 10.1. The fourth-order valence-electron chi connectivity index (χ4n) is 2.21. The third-order valence-electron chi connectivity index (χ3n) is 2.93. The van der Waals surface area contributed by atoms with E-state index in [0.29, 0.717) is 29.0 Å². The van der Waals surface area contributed by atoms with E-state index in [1.807, 2.05) is 18.2 Å². The van der Waals surface area contributed by atoms with Crippen molar-refractivity contribution < 1.29 is 14.3 Å². The monoisotopic (exact) mass is 227 g/mol. The summed E-state index contributed by atoms with van der Waals surface area (Å²) >= 11 is 0. The number of aromatic nitrogens is 1. The minimum atomic E-state index is -0.0769. The smallest absolute Gasteiger partial charge is 0.211 e. The van der Waals surface area contributed by atoms with E-state index in [1.165, 1.54) is 7.11 Å². The molecule has 0 amide bonds. The van der Waals surface area contributed by atoms with Gasteiger partial charge in [0.25, 0.3) is 0 Å². The number of nitrogens with zero attached hydrogens (tertiary/aromatic N) is 1. The van der Waals surface area contributed by atoms with Gasteiger partial charge in [-0.15, -0.1) is 0 Å². The molecule has 0 radical (unpaired) electrons. The second-order valence-corrected chi connectivity index (χ2v) is 3.79. The van der Waals surface area contributed by atoms with Crippen molar-refractivity contribution >= 4 is 12.1 Å². The molecule has 4 heteroatoms. The van der Waals surface area contributed by atoms with E-state index in [0.717, 1.165) is 5.69 Å². The molecule has 1 aliphatic rings. The van der Waals surface area contributed by atoms with Gasteiger partial charge in [-0.25, -0.2) is 0 Å². The van der Waals surface area contributed by atoms with Gasteiger partial charge >= 0.3 is 0 Å². The Kier molecular flexibility index (Phi) is 1.92. The van der Waals surface area contributed by atoms with Gasteiger partial charge in [0.1, 0.15) is 0 Å². The fraction of sp³-hybridized carbons (Fsp3) is 0.0769. The molecule has 0 spiro atoms. The Morgan fingerprint density at radius 2 is 2.06 bits per heavy atom. The van der Waals surface area contributed by atoms with Gasteiger partial charge in [0.05, 0.1) is 24.1 Å². The van der Waals surface area contributed by atoms with E-state index in [4.69, 9.17) is 4.74 Å². The summed E-state index contributed by atoms with van der Waals surface area (Å²) in [7, 11) is 1.49. The summed E-state index contributed by atoms with van der Waals surface area (Å²) < 4.78 is 6.89. The average Bonchev–Trinajstić information content (AvgIpc) is 2.87. The van der Waals surface area contributed by atoms with E-state index < -0.39 is 0 Å². The molecule has 0 saturated carbocycles. The van der Waals surface area contributed by atoms with Crippen LogP contribution in [0.3, 0.4) is 0 Å². The number of ketones is 1. The summed E-state index contributed by atoms with van der Waals surface area (Å²) in [6.07, 6.45) is 0.694. The molecule has 1 aromatic carbocycles. The van der Waals surface area contributed by atoms with Crippen LogP contribution in [-0.2, 0) is 0 Å². The van der Waals surface area contributed by atoms with Gasteiger partial charge in [0, 0.05) is 5.56 Å². The quantitative estimate of drug-likeness (QED) is 0.627. The van der Waals surface area contributed by atoms with E-state index in [1.54, 1.807) is 16.7 Å². The molecular weight excluding hydrogens is 218 g/mol. The highest BCUT2D eigenvalue weighted by Crippen LogP contribution is 2.35. The van der Waals surface area contributed by atoms with Gasteiger partial charge in [0.15, 0.2) is 6.29 Å². The predicted octanol–water partition coefficient (Wildman–Crippen LogP) is 1.84. The van der Waals surface area contributed by atoms with Gasteiger partial charge in [-0.3, -0.25) is 14.2 Å². The lowest BCUT2D eigenvalue weighted by Gasteiger charge is -2.06. The number of para-hydroxylation sites is 1. The molecule has 0 aliphatic carbocycles. The summed E-state index contributed by atoms with van der Waals surface area (Å²) in [5.41, 5.74) is 2.27. The zero-order chi connectivity index (χ0) is 12.0. The maximum absolute atomic E-state index is 12.1. The SMILES string of the molecule is COc1c(C=O)cc2n1-c1ccccc1C2=O. The first-order valence-electron chi connectivity index (χ1n) is 5.17. The van der Waals surface area contributed by atoms with Crippen LogP contribution in [0.4, 0.5) is 0 Å². The molecule has 0 saturated heterocycles. The predicted molar refractivity (Wildman–Crippen MR) is 61.1 cm³/mol. The molecule has 0 fully saturated rings. The first-order chi connectivity index (χ1) is 8.27. The van der Waals surface area contributed by atoms with Crippen LogP contribution in [0.2, 0.25) is 0 Å². The Morgan fingerprint density at radius 1 is 1.29 bits per heavy atom. The van der Waals surface area contributed by atoms with E-state index >= 15 is 0 Å². The molecular formula is C13H9NO3. The summed E-state index contributed by atoms with van der Waals surface area (Å²) in [4.78, 5) is 23.0. The third kappa shape index (κ3) is 1.12. The molecule has 0 N–H and O–H groups in total. The molecule has 84 valence electrons.